The maximum atomic E-state index is 10.8. The smallest absolute Gasteiger partial charge is 0.337 e. The Balaban J connectivity index is 3.43. The van der Waals surface area contributed by atoms with E-state index in [0.29, 0.717) is 16.5 Å². The highest BCUT2D eigenvalue weighted by atomic mass is 79.9. The van der Waals surface area contributed by atoms with Gasteiger partial charge < -0.3 is 10.2 Å². The number of phenolic OH excluding ortho intramolecular Hbond substituents is 1. The summed E-state index contributed by atoms with van der Waals surface area (Å²) in [4.78, 5) is 10.8. The van der Waals surface area contributed by atoms with Crippen LogP contribution in [0.5, 0.6) is 5.75 Å². The van der Waals surface area contributed by atoms with Crippen molar-refractivity contribution >= 4 is 33.5 Å². The third kappa shape index (κ3) is 2.33. The van der Waals surface area contributed by atoms with Gasteiger partial charge in [-0.25, -0.2) is 4.79 Å². The Kier molecular flexibility index (Phi) is 3.77. The quantitative estimate of drug-likeness (QED) is 0.841. The number of carboxylic acid groups (broad SMARTS) is 1. The minimum atomic E-state index is -1.18. The first kappa shape index (κ1) is 12.1. The van der Waals surface area contributed by atoms with Crippen LogP contribution in [0.4, 0.5) is 0 Å². The average molecular weight is 292 g/mol. The summed E-state index contributed by atoms with van der Waals surface area (Å²) >= 11 is 8.89. The van der Waals surface area contributed by atoms with Crippen LogP contribution in [0.25, 0.3) is 0 Å². The van der Waals surface area contributed by atoms with Gasteiger partial charge in [-0.3, -0.25) is 0 Å². The van der Waals surface area contributed by atoms with Gasteiger partial charge in [-0.2, -0.15) is 0 Å². The van der Waals surface area contributed by atoms with Gasteiger partial charge in [0.15, 0.2) is 0 Å². The van der Waals surface area contributed by atoms with Gasteiger partial charge in [-0.1, -0.05) is 33.6 Å². The number of aromatic hydroxyl groups is 1. The molecule has 3 nitrogen and oxygen atoms in total. The Morgan fingerprint density at radius 1 is 1.67 bits per heavy atom. The van der Waals surface area contributed by atoms with Crippen molar-refractivity contribution in [3.8, 4) is 5.75 Å². The van der Waals surface area contributed by atoms with E-state index in [0.717, 1.165) is 0 Å². The molecule has 0 spiro atoms. The minimum Gasteiger partial charge on any atom is -0.506 e. The van der Waals surface area contributed by atoms with E-state index < -0.39 is 5.97 Å². The Labute approximate surface area is 100 Å². The second-order valence-corrected chi connectivity index (χ2v) is 4.08. The summed E-state index contributed by atoms with van der Waals surface area (Å²) in [6, 6.07) is 1.36. The minimum absolute atomic E-state index is 0.131. The summed E-state index contributed by atoms with van der Waals surface area (Å²) in [7, 11) is 0. The standard InChI is InChI=1S/C10H8BrClO3/c1-2-3-5-7(11)4-6(10(14)15)8(12)9(5)13/h2,4,13H,1,3H2,(H,14,15). The molecule has 0 atom stereocenters. The van der Waals surface area contributed by atoms with Crippen molar-refractivity contribution in [3.63, 3.8) is 0 Å². The molecule has 0 amide bonds. The van der Waals surface area contributed by atoms with Gasteiger partial charge in [0.1, 0.15) is 5.75 Å². The van der Waals surface area contributed by atoms with Gasteiger partial charge in [0.2, 0.25) is 0 Å². The zero-order valence-corrected chi connectivity index (χ0v) is 9.97. The fraction of sp³-hybridized carbons (Fsp3) is 0.100. The molecule has 5 heteroatoms. The first-order valence-electron chi connectivity index (χ1n) is 4.03. The Bertz CT molecular complexity index is 429. The van der Waals surface area contributed by atoms with Crippen molar-refractivity contribution in [2.24, 2.45) is 0 Å². The molecular weight excluding hydrogens is 283 g/mol. The van der Waals surface area contributed by atoms with Crippen molar-refractivity contribution in [1.82, 2.24) is 0 Å². The molecule has 0 aliphatic rings. The number of hydrogen-bond acceptors (Lipinski definition) is 2. The molecule has 0 radical (unpaired) electrons. The van der Waals surface area contributed by atoms with E-state index in [9.17, 15) is 9.90 Å². The number of phenols is 1. The molecule has 15 heavy (non-hydrogen) atoms. The van der Waals surface area contributed by atoms with E-state index in [1.807, 2.05) is 0 Å². The molecule has 0 aromatic heterocycles. The largest absolute Gasteiger partial charge is 0.506 e. The van der Waals surface area contributed by atoms with Gasteiger partial charge >= 0.3 is 5.97 Å². The van der Waals surface area contributed by atoms with E-state index in [2.05, 4.69) is 22.5 Å². The predicted molar refractivity (Wildman–Crippen MR) is 61.7 cm³/mol. The molecule has 80 valence electrons. The van der Waals surface area contributed by atoms with Gasteiger partial charge in [0.05, 0.1) is 10.6 Å². The lowest BCUT2D eigenvalue weighted by Gasteiger charge is -2.09. The van der Waals surface area contributed by atoms with Crippen LogP contribution < -0.4 is 0 Å². The zero-order valence-electron chi connectivity index (χ0n) is 7.63. The van der Waals surface area contributed by atoms with Gasteiger partial charge in [0, 0.05) is 10.0 Å². The second kappa shape index (κ2) is 4.68. The first-order chi connectivity index (χ1) is 6.99. The Morgan fingerprint density at radius 3 is 2.73 bits per heavy atom. The number of aromatic carboxylic acids is 1. The number of allylic oxidation sites excluding steroid dienone is 1. The van der Waals surface area contributed by atoms with Crippen LogP contribution in [0.2, 0.25) is 5.02 Å². The maximum Gasteiger partial charge on any atom is 0.337 e. The van der Waals surface area contributed by atoms with Crippen molar-refractivity contribution in [2.75, 3.05) is 0 Å². The maximum absolute atomic E-state index is 10.8. The topological polar surface area (TPSA) is 57.5 Å². The zero-order chi connectivity index (χ0) is 11.6. The van der Waals surface area contributed by atoms with Crippen molar-refractivity contribution in [3.05, 3.63) is 39.3 Å². The molecule has 0 unspecified atom stereocenters. The molecule has 0 fully saturated rings. The molecule has 0 saturated carbocycles. The SMILES string of the molecule is C=CCc1c(Br)cc(C(=O)O)c(Cl)c1O. The summed E-state index contributed by atoms with van der Waals surface area (Å²) < 4.78 is 0.502. The Morgan fingerprint density at radius 2 is 2.27 bits per heavy atom. The van der Waals surface area contributed by atoms with Crippen LogP contribution in [-0.4, -0.2) is 16.2 Å². The van der Waals surface area contributed by atoms with Crippen LogP contribution in [0.1, 0.15) is 15.9 Å². The third-order valence-electron chi connectivity index (χ3n) is 1.87. The molecule has 2 N–H and O–H groups in total. The van der Waals surface area contributed by atoms with Gasteiger partial charge in [0.25, 0.3) is 0 Å². The van der Waals surface area contributed by atoms with Crippen molar-refractivity contribution < 1.29 is 15.0 Å². The van der Waals surface area contributed by atoms with Crippen LogP contribution in [0, 0.1) is 0 Å². The fourth-order valence-corrected chi connectivity index (χ4v) is 1.97. The lowest BCUT2D eigenvalue weighted by Crippen LogP contribution is -2.00. The highest BCUT2D eigenvalue weighted by molar-refractivity contribution is 9.10. The number of benzene rings is 1. The number of rotatable bonds is 3. The molecular formula is C10H8BrClO3. The molecule has 1 aromatic carbocycles. The second-order valence-electron chi connectivity index (χ2n) is 2.85. The number of hydrogen-bond donors (Lipinski definition) is 2. The summed E-state index contributed by atoms with van der Waals surface area (Å²) in [6.45, 7) is 3.53. The van der Waals surface area contributed by atoms with E-state index in [1.54, 1.807) is 6.08 Å². The van der Waals surface area contributed by atoms with Crippen LogP contribution in [-0.2, 0) is 6.42 Å². The molecule has 0 aliphatic heterocycles. The first-order valence-corrected chi connectivity index (χ1v) is 5.20. The Hall–Kier alpha value is -1.00. The van der Waals surface area contributed by atoms with Gasteiger partial charge in [-0.15, -0.1) is 6.58 Å². The van der Waals surface area contributed by atoms with Crippen LogP contribution >= 0.6 is 27.5 Å². The van der Waals surface area contributed by atoms with E-state index in [4.69, 9.17) is 16.7 Å². The fourth-order valence-electron chi connectivity index (χ4n) is 1.14. The highest BCUT2D eigenvalue weighted by Crippen LogP contribution is 2.36. The van der Waals surface area contributed by atoms with E-state index in [-0.39, 0.29) is 16.3 Å². The van der Waals surface area contributed by atoms with E-state index >= 15 is 0 Å². The molecule has 0 bridgehead atoms. The summed E-state index contributed by atoms with van der Waals surface area (Å²) in [5.41, 5.74) is 0.397. The van der Waals surface area contributed by atoms with Gasteiger partial charge in [-0.05, 0) is 12.5 Å². The molecule has 0 saturated heterocycles. The van der Waals surface area contributed by atoms with Crippen LogP contribution in [0.3, 0.4) is 0 Å². The van der Waals surface area contributed by atoms with E-state index in [1.165, 1.54) is 6.07 Å². The number of carboxylic acids is 1. The molecule has 0 heterocycles. The summed E-state index contributed by atoms with van der Waals surface area (Å²) in [5.74, 6) is -1.40. The lowest BCUT2D eigenvalue weighted by molar-refractivity contribution is 0.0696. The summed E-state index contributed by atoms with van der Waals surface area (Å²) in [6.07, 6.45) is 2.00. The molecule has 0 aliphatic carbocycles. The average Bonchev–Trinajstić information content (AvgIpc) is 2.18. The van der Waals surface area contributed by atoms with Crippen molar-refractivity contribution in [1.29, 1.82) is 0 Å². The van der Waals surface area contributed by atoms with Crippen molar-refractivity contribution in [2.45, 2.75) is 6.42 Å². The molecule has 1 aromatic rings. The molecule has 1 rings (SSSR count). The normalized spacial score (nSPS) is 10.0. The third-order valence-corrected chi connectivity index (χ3v) is 2.96. The van der Waals surface area contributed by atoms with Crippen LogP contribution in [0.15, 0.2) is 23.2 Å². The summed E-state index contributed by atoms with van der Waals surface area (Å²) in [5, 5.41) is 18.3. The lowest BCUT2D eigenvalue weighted by atomic mass is 10.1. The number of halogens is 2. The number of carbonyl (C=O) groups is 1. The monoisotopic (exact) mass is 290 g/mol. The highest BCUT2D eigenvalue weighted by Gasteiger charge is 2.18. The predicted octanol–water partition coefficient (Wildman–Crippen LogP) is 3.23.